The number of carbonyl (C=O) groups is 1. The molecule has 3 rings (SSSR count). The lowest BCUT2D eigenvalue weighted by Crippen LogP contribution is -2.34. The Balaban J connectivity index is 1.74. The summed E-state index contributed by atoms with van der Waals surface area (Å²) in [5.74, 6) is 0.262. The molecular weight excluding hydrogens is 380 g/mol. The van der Waals surface area contributed by atoms with E-state index in [0.29, 0.717) is 22.9 Å². The lowest BCUT2D eigenvalue weighted by molar-refractivity contribution is 0.102. The number of fused-ring (bicyclic) bond motifs is 1. The molecule has 0 amide bonds. The number of aryl methyl sites for hydroxylation is 1. The molecule has 0 bridgehead atoms. The van der Waals surface area contributed by atoms with Gasteiger partial charge in [-0.3, -0.25) is 9.10 Å². The van der Waals surface area contributed by atoms with Crippen molar-refractivity contribution >= 4 is 49.7 Å². The average molecular weight is 399 g/mol. The van der Waals surface area contributed by atoms with E-state index >= 15 is 0 Å². The number of ketones is 1. The minimum absolute atomic E-state index is 0.00881. The van der Waals surface area contributed by atoms with Crippen LogP contribution in [-0.2, 0) is 16.4 Å². The molecular formula is C15H18N4O3S3. The molecule has 0 saturated carbocycles. The zero-order valence-corrected chi connectivity index (χ0v) is 16.3. The highest BCUT2D eigenvalue weighted by atomic mass is 32.2. The van der Waals surface area contributed by atoms with E-state index in [0.717, 1.165) is 22.7 Å². The fraction of sp³-hybridized carbons (Fsp3) is 0.400. The fourth-order valence-corrected chi connectivity index (χ4v) is 5.26. The van der Waals surface area contributed by atoms with Crippen molar-refractivity contribution in [2.45, 2.75) is 17.2 Å². The molecule has 7 nitrogen and oxygen atoms in total. The summed E-state index contributed by atoms with van der Waals surface area (Å²) in [5.41, 5.74) is 2.18. The second kappa shape index (κ2) is 7.30. The number of rotatable bonds is 6. The summed E-state index contributed by atoms with van der Waals surface area (Å²) in [7, 11) is -1.52. The Bertz CT molecular complexity index is 895. The van der Waals surface area contributed by atoms with Crippen LogP contribution >= 0.6 is 23.1 Å². The number of nitrogens with zero attached hydrogens (tertiary/aromatic N) is 3. The standard InChI is InChI=1S/C15H18N4O3S3/c1-16-14-17-18-15(24-14)23-9-13(20)11-5-6-12-10(8-11)4-3-7-19(12)25(2,21)22/h5-6,8H,3-4,7,9H2,1-2H3,(H,16,17). The molecule has 1 aromatic heterocycles. The Labute approximate surface area is 154 Å². The number of benzene rings is 1. The molecule has 0 atom stereocenters. The van der Waals surface area contributed by atoms with Crippen LogP contribution in [0.1, 0.15) is 22.3 Å². The third kappa shape index (κ3) is 4.13. The second-order valence-electron chi connectivity index (χ2n) is 5.62. The molecule has 0 saturated heterocycles. The van der Waals surface area contributed by atoms with Crippen LogP contribution in [0.3, 0.4) is 0 Å². The number of thioether (sulfide) groups is 1. The van der Waals surface area contributed by atoms with E-state index in [1.54, 1.807) is 19.2 Å². The van der Waals surface area contributed by atoms with Gasteiger partial charge in [0.05, 0.1) is 17.7 Å². The minimum Gasteiger partial charge on any atom is -0.363 e. The van der Waals surface area contributed by atoms with Crippen molar-refractivity contribution in [1.82, 2.24) is 10.2 Å². The molecule has 1 aliphatic heterocycles. The number of hydrogen-bond acceptors (Lipinski definition) is 8. The SMILES string of the molecule is CNc1nnc(SCC(=O)c2ccc3c(c2)CCCN3S(C)(=O)=O)s1. The predicted molar refractivity (Wildman–Crippen MR) is 101 cm³/mol. The van der Waals surface area contributed by atoms with Crippen LogP contribution in [0.4, 0.5) is 10.8 Å². The van der Waals surface area contributed by atoms with Gasteiger partial charge in [-0.05, 0) is 36.6 Å². The van der Waals surface area contributed by atoms with Crippen LogP contribution in [0.5, 0.6) is 0 Å². The molecule has 0 spiro atoms. The summed E-state index contributed by atoms with van der Waals surface area (Å²) in [4.78, 5) is 12.4. The van der Waals surface area contributed by atoms with E-state index in [1.807, 2.05) is 6.07 Å². The Hall–Kier alpha value is -1.65. The first-order valence-corrected chi connectivity index (χ1v) is 11.3. The second-order valence-corrected chi connectivity index (χ2v) is 9.72. The molecule has 1 N–H and O–H groups in total. The van der Waals surface area contributed by atoms with Crippen molar-refractivity contribution in [2.24, 2.45) is 0 Å². The molecule has 0 fully saturated rings. The maximum absolute atomic E-state index is 12.4. The van der Waals surface area contributed by atoms with Gasteiger partial charge in [-0.25, -0.2) is 8.42 Å². The summed E-state index contributed by atoms with van der Waals surface area (Å²) in [6, 6.07) is 5.25. The van der Waals surface area contributed by atoms with Gasteiger partial charge in [0, 0.05) is 19.2 Å². The van der Waals surface area contributed by atoms with Crippen molar-refractivity contribution in [3.63, 3.8) is 0 Å². The third-order valence-corrected chi connectivity index (χ3v) is 7.08. The van der Waals surface area contributed by atoms with E-state index in [-0.39, 0.29) is 11.5 Å². The molecule has 2 aromatic rings. The normalized spacial score (nSPS) is 14.2. The highest BCUT2D eigenvalue weighted by Gasteiger charge is 2.24. The van der Waals surface area contributed by atoms with Crippen LogP contribution in [0.25, 0.3) is 0 Å². The van der Waals surface area contributed by atoms with Gasteiger partial charge < -0.3 is 5.32 Å². The largest absolute Gasteiger partial charge is 0.363 e. The fourth-order valence-electron chi connectivity index (χ4n) is 2.66. The summed E-state index contributed by atoms with van der Waals surface area (Å²) in [5, 5.41) is 11.6. The van der Waals surface area contributed by atoms with E-state index < -0.39 is 10.0 Å². The molecule has 0 radical (unpaired) electrons. The first kappa shape index (κ1) is 18.2. The van der Waals surface area contributed by atoms with Gasteiger partial charge in [0.2, 0.25) is 15.2 Å². The van der Waals surface area contributed by atoms with Gasteiger partial charge in [-0.2, -0.15) is 0 Å². The van der Waals surface area contributed by atoms with Gasteiger partial charge in [0.1, 0.15) is 0 Å². The highest BCUT2D eigenvalue weighted by molar-refractivity contribution is 8.01. The van der Waals surface area contributed by atoms with E-state index in [2.05, 4.69) is 15.5 Å². The van der Waals surface area contributed by atoms with Gasteiger partial charge >= 0.3 is 0 Å². The molecule has 0 aliphatic carbocycles. The van der Waals surface area contributed by atoms with Crippen LogP contribution in [0.2, 0.25) is 0 Å². The number of hydrogen-bond donors (Lipinski definition) is 1. The predicted octanol–water partition coefficient (Wildman–Crippen LogP) is 2.27. The third-order valence-electron chi connectivity index (χ3n) is 3.82. The topological polar surface area (TPSA) is 92.3 Å². The van der Waals surface area contributed by atoms with Gasteiger partial charge in [-0.15, -0.1) is 10.2 Å². The van der Waals surface area contributed by atoms with E-state index in [1.165, 1.54) is 33.7 Å². The van der Waals surface area contributed by atoms with Crippen molar-refractivity contribution in [2.75, 3.05) is 35.2 Å². The number of Topliss-reactive ketones (excluding diaryl/α,β-unsaturated/α-hetero) is 1. The number of anilines is 2. The summed E-state index contributed by atoms with van der Waals surface area (Å²) >= 11 is 2.75. The lowest BCUT2D eigenvalue weighted by atomic mass is 9.99. The van der Waals surface area contributed by atoms with Gasteiger partial charge in [-0.1, -0.05) is 23.1 Å². The monoisotopic (exact) mass is 398 g/mol. The Morgan fingerprint density at radius 1 is 1.40 bits per heavy atom. The highest BCUT2D eigenvalue weighted by Crippen LogP contribution is 2.31. The molecule has 1 aromatic carbocycles. The quantitative estimate of drug-likeness (QED) is 0.589. The Morgan fingerprint density at radius 2 is 2.20 bits per heavy atom. The van der Waals surface area contributed by atoms with Crippen molar-refractivity contribution < 1.29 is 13.2 Å². The first-order chi connectivity index (χ1) is 11.9. The molecule has 25 heavy (non-hydrogen) atoms. The molecule has 134 valence electrons. The number of nitrogens with one attached hydrogen (secondary N) is 1. The van der Waals surface area contributed by atoms with E-state index in [4.69, 9.17) is 0 Å². The maximum atomic E-state index is 12.4. The average Bonchev–Trinajstić information content (AvgIpc) is 3.06. The molecule has 1 aliphatic rings. The van der Waals surface area contributed by atoms with Gasteiger partial charge in [0.25, 0.3) is 0 Å². The number of aromatic nitrogens is 2. The zero-order valence-electron chi connectivity index (χ0n) is 13.9. The lowest BCUT2D eigenvalue weighted by Gasteiger charge is -2.29. The number of carbonyl (C=O) groups excluding carboxylic acids is 1. The molecule has 0 unspecified atom stereocenters. The Morgan fingerprint density at radius 3 is 2.88 bits per heavy atom. The summed E-state index contributed by atoms with van der Waals surface area (Å²) in [6.45, 7) is 0.486. The van der Waals surface area contributed by atoms with Crippen LogP contribution in [0, 0.1) is 0 Å². The van der Waals surface area contributed by atoms with Crippen molar-refractivity contribution in [3.05, 3.63) is 29.3 Å². The maximum Gasteiger partial charge on any atom is 0.232 e. The van der Waals surface area contributed by atoms with E-state index in [9.17, 15) is 13.2 Å². The minimum atomic E-state index is -3.29. The molecule has 2 heterocycles. The first-order valence-electron chi connectivity index (χ1n) is 7.66. The van der Waals surface area contributed by atoms with Crippen LogP contribution < -0.4 is 9.62 Å². The smallest absolute Gasteiger partial charge is 0.232 e. The molecule has 10 heteroatoms. The number of sulfonamides is 1. The Kier molecular flexibility index (Phi) is 5.30. The van der Waals surface area contributed by atoms with Crippen molar-refractivity contribution in [3.8, 4) is 0 Å². The van der Waals surface area contributed by atoms with Crippen LogP contribution in [0.15, 0.2) is 22.5 Å². The summed E-state index contributed by atoms with van der Waals surface area (Å²) < 4.78 is 25.9. The summed E-state index contributed by atoms with van der Waals surface area (Å²) in [6.07, 6.45) is 2.74. The van der Waals surface area contributed by atoms with Gasteiger partial charge in [0.15, 0.2) is 10.1 Å². The zero-order chi connectivity index (χ0) is 18.0. The van der Waals surface area contributed by atoms with Crippen molar-refractivity contribution in [1.29, 1.82) is 0 Å². The van der Waals surface area contributed by atoms with Crippen LogP contribution in [-0.4, -0.2) is 50.0 Å².